The second-order valence-electron chi connectivity index (χ2n) is 7.19. The summed E-state index contributed by atoms with van der Waals surface area (Å²) in [4.78, 5) is 20.8. The van der Waals surface area contributed by atoms with Gasteiger partial charge in [-0.25, -0.2) is 4.68 Å². The monoisotopic (exact) mass is 411 g/mol. The number of fused-ring (bicyclic) bond motifs is 1. The SMILES string of the molecule is C/C(=N\Nc1ccc([N+](=O)[O-])cc1[N+](=O)[O-])C(Cn1nnc2ccccc21)C(C)C. The maximum absolute atomic E-state index is 11.3. The molecule has 1 heterocycles. The number of aromatic nitrogens is 3. The van der Waals surface area contributed by atoms with Gasteiger partial charge in [0.15, 0.2) is 0 Å². The maximum atomic E-state index is 11.3. The maximum Gasteiger partial charge on any atom is 0.301 e. The van der Waals surface area contributed by atoms with E-state index in [2.05, 4.69) is 34.7 Å². The Morgan fingerprint density at radius 1 is 1.17 bits per heavy atom. The number of benzene rings is 2. The lowest BCUT2D eigenvalue weighted by Crippen LogP contribution is -2.25. The van der Waals surface area contributed by atoms with Gasteiger partial charge >= 0.3 is 5.69 Å². The van der Waals surface area contributed by atoms with Crippen LogP contribution in [0.5, 0.6) is 0 Å². The van der Waals surface area contributed by atoms with Crippen LogP contribution < -0.4 is 5.43 Å². The topological polar surface area (TPSA) is 141 Å². The molecule has 11 heteroatoms. The van der Waals surface area contributed by atoms with Crippen molar-refractivity contribution in [3.63, 3.8) is 0 Å². The second kappa shape index (κ2) is 8.64. The molecule has 0 aliphatic heterocycles. The van der Waals surface area contributed by atoms with Gasteiger partial charge in [-0.05, 0) is 31.0 Å². The summed E-state index contributed by atoms with van der Waals surface area (Å²) < 4.78 is 1.81. The molecule has 1 unspecified atom stereocenters. The van der Waals surface area contributed by atoms with Gasteiger partial charge in [-0.2, -0.15) is 5.10 Å². The van der Waals surface area contributed by atoms with E-state index >= 15 is 0 Å². The highest BCUT2D eigenvalue weighted by atomic mass is 16.6. The van der Waals surface area contributed by atoms with Gasteiger partial charge in [-0.1, -0.05) is 31.2 Å². The molecule has 0 spiro atoms. The van der Waals surface area contributed by atoms with E-state index in [9.17, 15) is 20.2 Å². The number of nitrogens with zero attached hydrogens (tertiary/aromatic N) is 6. The first-order valence-electron chi connectivity index (χ1n) is 9.29. The highest BCUT2D eigenvalue weighted by Gasteiger charge is 2.22. The zero-order valence-corrected chi connectivity index (χ0v) is 16.7. The summed E-state index contributed by atoms with van der Waals surface area (Å²) in [5, 5.41) is 34.9. The molecule has 0 fully saturated rings. The van der Waals surface area contributed by atoms with E-state index in [0.29, 0.717) is 6.54 Å². The van der Waals surface area contributed by atoms with Crippen molar-refractivity contribution < 1.29 is 9.85 Å². The number of hydrogen-bond donors (Lipinski definition) is 1. The number of hydrogen-bond acceptors (Lipinski definition) is 8. The van der Waals surface area contributed by atoms with Crippen LogP contribution in [0, 0.1) is 32.1 Å². The van der Waals surface area contributed by atoms with Crippen molar-refractivity contribution in [3.05, 3.63) is 62.7 Å². The first kappa shape index (κ1) is 20.8. The van der Waals surface area contributed by atoms with Crippen molar-refractivity contribution in [2.45, 2.75) is 27.3 Å². The zero-order valence-electron chi connectivity index (χ0n) is 16.7. The fourth-order valence-electron chi connectivity index (χ4n) is 3.17. The number of rotatable bonds is 8. The van der Waals surface area contributed by atoms with Gasteiger partial charge in [0.05, 0.1) is 28.0 Å². The van der Waals surface area contributed by atoms with Gasteiger partial charge in [0, 0.05) is 17.7 Å². The smallest absolute Gasteiger partial charge is 0.272 e. The average Bonchev–Trinajstić information content (AvgIpc) is 3.12. The van der Waals surface area contributed by atoms with Crippen LogP contribution in [0.4, 0.5) is 17.1 Å². The fraction of sp³-hybridized carbons (Fsp3) is 0.316. The first-order chi connectivity index (χ1) is 14.3. The van der Waals surface area contributed by atoms with Crippen LogP contribution in [-0.4, -0.2) is 30.6 Å². The Morgan fingerprint density at radius 3 is 2.57 bits per heavy atom. The van der Waals surface area contributed by atoms with Crippen LogP contribution in [0.15, 0.2) is 47.6 Å². The van der Waals surface area contributed by atoms with Crippen molar-refractivity contribution >= 4 is 33.8 Å². The summed E-state index contributed by atoms with van der Waals surface area (Å²) >= 11 is 0. The Hall–Kier alpha value is -3.89. The number of anilines is 1. The molecule has 0 saturated heterocycles. The summed E-state index contributed by atoms with van der Waals surface area (Å²) in [6.45, 7) is 6.47. The molecule has 0 radical (unpaired) electrons. The lowest BCUT2D eigenvalue weighted by Gasteiger charge is -2.21. The summed E-state index contributed by atoms with van der Waals surface area (Å²) in [5.41, 5.74) is 4.44. The minimum atomic E-state index is -0.679. The Labute approximate surface area is 171 Å². The molecule has 3 rings (SSSR count). The molecule has 0 saturated carbocycles. The molecule has 0 aliphatic rings. The quantitative estimate of drug-likeness (QED) is 0.335. The Balaban J connectivity index is 1.85. The van der Waals surface area contributed by atoms with Crippen LogP contribution in [0.25, 0.3) is 11.0 Å². The number of para-hydroxylation sites is 1. The van der Waals surface area contributed by atoms with Crippen LogP contribution in [0.2, 0.25) is 0 Å². The van der Waals surface area contributed by atoms with E-state index in [4.69, 9.17) is 0 Å². The molecule has 11 nitrogen and oxygen atoms in total. The summed E-state index contributed by atoms with van der Waals surface area (Å²) in [6.07, 6.45) is 0. The number of nitro groups is 2. The molecule has 0 aliphatic carbocycles. The van der Waals surface area contributed by atoms with E-state index in [0.717, 1.165) is 22.8 Å². The van der Waals surface area contributed by atoms with Gasteiger partial charge in [-0.3, -0.25) is 25.7 Å². The van der Waals surface area contributed by atoms with Gasteiger partial charge in [0.2, 0.25) is 0 Å². The third kappa shape index (κ3) is 4.40. The summed E-state index contributed by atoms with van der Waals surface area (Å²) in [5.74, 6) is 0.199. The van der Waals surface area contributed by atoms with Crippen molar-refractivity contribution in [1.29, 1.82) is 0 Å². The molecule has 1 N–H and O–H groups in total. The van der Waals surface area contributed by atoms with Crippen LogP contribution >= 0.6 is 0 Å². The van der Waals surface area contributed by atoms with Gasteiger partial charge in [-0.15, -0.1) is 5.10 Å². The predicted molar refractivity (Wildman–Crippen MR) is 112 cm³/mol. The normalized spacial score (nSPS) is 12.9. The molecule has 1 atom stereocenters. The third-order valence-electron chi connectivity index (χ3n) is 4.87. The van der Waals surface area contributed by atoms with Crippen molar-refractivity contribution in [1.82, 2.24) is 15.0 Å². The molecular formula is C19H21N7O4. The lowest BCUT2D eigenvalue weighted by molar-refractivity contribution is -0.393. The molecule has 30 heavy (non-hydrogen) atoms. The molecule has 0 bridgehead atoms. The first-order valence-corrected chi connectivity index (χ1v) is 9.29. The largest absolute Gasteiger partial charge is 0.301 e. The van der Waals surface area contributed by atoms with Crippen LogP contribution in [0.3, 0.4) is 0 Å². The van der Waals surface area contributed by atoms with Crippen LogP contribution in [0.1, 0.15) is 20.8 Å². The number of nitro benzene ring substituents is 2. The van der Waals surface area contributed by atoms with Gasteiger partial charge in [0.1, 0.15) is 11.2 Å². The summed E-state index contributed by atoms with van der Waals surface area (Å²) in [6, 6.07) is 11.0. The number of nitrogens with one attached hydrogen (secondary N) is 1. The average molecular weight is 411 g/mol. The van der Waals surface area contributed by atoms with Gasteiger partial charge in [0.25, 0.3) is 5.69 Å². The highest BCUT2D eigenvalue weighted by Crippen LogP contribution is 2.29. The Bertz CT molecular complexity index is 1120. The van der Waals surface area contributed by atoms with Gasteiger partial charge < -0.3 is 0 Å². The molecule has 2 aromatic carbocycles. The van der Waals surface area contributed by atoms with E-state index < -0.39 is 15.5 Å². The van der Waals surface area contributed by atoms with Crippen LogP contribution in [-0.2, 0) is 6.54 Å². The Morgan fingerprint density at radius 2 is 1.90 bits per heavy atom. The van der Waals surface area contributed by atoms with E-state index in [1.54, 1.807) is 0 Å². The van der Waals surface area contributed by atoms with Crippen molar-refractivity contribution in [2.24, 2.45) is 16.9 Å². The predicted octanol–water partition coefficient (Wildman–Crippen LogP) is 4.01. The molecular weight excluding hydrogens is 390 g/mol. The molecule has 156 valence electrons. The molecule has 1 aromatic heterocycles. The van der Waals surface area contributed by atoms with Crippen molar-refractivity contribution in [2.75, 3.05) is 5.43 Å². The zero-order chi connectivity index (χ0) is 21.8. The number of hydrazone groups is 1. The summed E-state index contributed by atoms with van der Waals surface area (Å²) in [7, 11) is 0. The third-order valence-corrected chi connectivity index (χ3v) is 4.87. The lowest BCUT2D eigenvalue weighted by atomic mass is 9.91. The number of non-ortho nitro benzene ring substituents is 1. The standard InChI is InChI=1S/C19H21N7O4/c1-12(2)15(11-24-18-7-5-4-6-16(18)22-23-24)13(3)20-21-17-9-8-14(25(27)28)10-19(17)26(29)30/h4-10,12,15,21H,11H2,1-3H3/b20-13+. The minimum absolute atomic E-state index is 0.0142. The minimum Gasteiger partial charge on any atom is -0.272 e. The van der Waals surface area contributed by atoms with E-state index in [1.807, 2.05) is 35.9 Å². The van der Waals surface area contributed by atoms with Crippen molar-refractivity contribution in [3.8, 4) is 0 Å². The Kier molecular flexibility index (Phi) is 6.00. The fourth-order valence-corrected chi connectivity index (χ4v) is 3.17. The highest BCUT2D eigenvalue weighted by molar-refractivity contribution is 5.86. The van der Waals surface area contributed by atoms with E-state index in [1.165, 1.54) is 12.1 Å². The molecule has 3 aromatic rings. The molecule has 0 amide bonds. The van der Waals surface area contributed by atoms with E-state index in [-0.39, 0.29) is 23.2 Å². The second-order valence-corrected chi connectivity index (χ2v) is 7.19.